The Morgan fingerprint density at radius 3 is 2.50 bits per heavy atom. The van der Waals surface area contributed by atoms with Gasteiger partial charge in [0.1, 0.15) is 17.9 Å². The number of aliphatic hydroxyl groups is 3. The lowest BCUT2D eigenvalue weighted by molar-refractivity contribution is -0.210. The van der Waals surface area contributed by atoms with Gasteiger partial charge in [0.25, 0.3) is 0 Å². The lowest BCUT2D eigenvalue weighted by Crippen LogP contribution is -2.72. The summed E-state index contributed by atoms with van der Waals surface area (Å²) in [4.78, 5) is 51.2. The van der Waals surface area contributed by atoms with Gasteiger partial charge in [0.05, 0.1) is 13.2 Å². The molecule has 14 heteroatoms. The largest absolute Gasteiger partial charge is 0.463 e. The number of carbonyl (C=O) groups excluding carboxylic acids is 3. The van der Waals surface area contributed by atoms with Crippen LogP contribution in [-0.2, 0) is 31.3 Å². The predicted octanol–water partition coefficient (Wildman–Crippen LogP) is 1.03. The van der Waals surface area contributed by atoms with Gasteiger partial charge in [-0.3, -0.25) is 19.0 Å². The molecule has 1 unspecified atom stereocenters. The third-order valence-electron chi connectivity index (χ3n) is 6.57. The highest BCUT2D eigenvalue weighted by atomic mass is 35.5. The van der Waals surface area contributed by atoms with Gasteiger partial charge in [-0.15, -0.1) is 0 Å². The summed E-state index contributed by atoms with van der Waals surface area (Å²) in [6, 6.07) is 6.89. The van der Waals surface area contributed by atoms with Crippen molar-refractivity contribution < 1.29 is 39.2 Å². The highest BCUT2D eigenvalue weighted by Crippen LogP contribution is 2.49. The number of carbonyl (C=O) groups is 3. The summed E-state index contributed by atoms with van der Waals surface area (Å²) in [5, 5.41) is 33.5. The lowest BCUT2D eigenvalue weighted by Gasteiger charge is -2.43. The van der Waals surface area contributed by atoms with Crippen molar-refractivity contribution in [2.45, 2.75) is 50.2 Å². The Bertz CT molecular complexity index is 1450. The van der Waals surface area contributed by atoms with E-state index >= 15 is 0 Å². The molecule has 0 aliphatic carbocycles. The summed E-state index contributed by atoms with van der Waals surface area (Å²) in [6.45, 7) is 2.03. The average molecular weight is 567 g/mol. The van der Waals surface area contributed by atoms with E-state index in [0.29, 0.717) is 11.4 Å². The van der Waals surface area contributed by atoms with Crippen molar-refractivity contribution in [3.8, 4) is 6.01 Å². The number of imidazole rings is 1. The molecule has 4 atom stereocenters. The van der Waals surface area contributed by atoms with E-state index in [-0.39, 0.29) is 28.9 Å². The van der Waals surface area contributed by atoms with Crippen molar-refractivity contribution in [1.29, 1.82) is 0 Å². The minimum atomic E-state index is -3.18. The molecule has 4 rings (SSSR count). The fourth-order valence-corrected chi connectivity index (χ4v) is 4.99. The summed E-state index contributed by atoms with van der Waals surface area (Å²) >= 11 is 12.3. The van der Waals surface area contributed by atoms with E-state index in [4.69, 9.17) is 32.7 Å². The molecule has 38 heavy (non-hydrogen) atoms. The summed E-state index contributed by atoms with van der Waals surface area (Å²) in [5.41, 5.74) is -8.29. The summed E-state index contributed by atoms with van der Waals surface area (Å²) < 4.78 is 12.1. The maximum Gasteiger partial charge on any atom is 0.319 e. The van der Waals surface area contributed by atoms with E-state index in [0.717, 1.165) is 37.2 Å². The van der Waals surface area contributed by atoms with E-state index < -0.39 is 47.0 Å². The van der Waals surface area contributed by atoms with E-state index in [2.05, 4.69) is 15.0 Å². The first-order valence-corrected chi connectivity index (χ1v) is 12.2. The van der Waals surface area contributed by atoms with Crippen LogP contribution < -0.4 is 4.74 Å². The zero-order valence-electron chi connectivity index (χ0n) is 20.5. The Labute approximate surface area is 226 Å². The number of aromatic nitrogens is 4. The van der Waals surface area contributed by atoms with Crippen LogP contribution in [0.2, 0.25) is 10.2 Å². The highest BCUT2D eigenvalue weighted by Gasteiger charge is 2.78. The second-order valence-electron chi connectivity index (χ2n) is 8.97. The first-order chi connectivity index (χ1) is 17.8. The molecule has 1 fully saturated rings. The van der Waals surface area contributed by atoms with Gasteiger partial charge >= 0.3 is 6.01 Å². The van der Waals surface area contributed by atoms with Crippen LogP contribution in [-0.4, -0.2) is 82.7 Å². The number of rotatable bonds is 9. The molecule has 12 nitrogen and oxygen atoms in total. The zero-order valence-corrected chi connectivity index (χ0v) is 22.0. The number of hydrogen-bond acceptors (Lipinski definition) is 11. The smallest absolute Gasteiger partial charge is 0.319 e. The van der Waals surface area contributed by atoms with E-state index in [1.807, 2.05) is 6.07 Å². The van der Waals surface area contributed by atoms with Crippen molar-refractivity contribution in [1.82, 2.24) is 19.5 Å². The van der Waals surface area contributed by atoms with Gasteiger partial charge in [-0.2, -0.15) is 9.97 Å². The van der Waals surface area contributed by atoms with E-state index in [9.17, 15) is 29.7 Å². The topological polar surface area (TPSA) is 174 Å². The SMILES string of the molecule is CC(=O)[C@]1(O)[C@](O)(C(C)=O)CO[C@]1(C(=O)C(C)O)n1cnc2c(Cl)nc(OCCc3cccc(Cl)c3)nc21. The van der Waals surface area contributed by atoms with Crippen LogP contribution in [0, 0.1) is 0 Å². The van der Waals surface area contributed by atoms with Gasteiger partial charge in [0.15, 0.2) is 28.0 Å². The molecule has 3 heterocycles. The van der Waals surface area contributed by atoms with Gasteiger partial charge in [-0.05, 0) is 38.5 Å². The number of fused-ring (bicyclic) bond motifs is 1. The van der Waals surface area contributed by atoms with Crippen LogP contribution in [0.15, 0.2) is 30.6 Å². The number of Topliss-reactive ketones (excluding diaryl/α,β-unsaturated/α-hetero) is 3. The third-order valence-corrected chi connectivity index (χ3v) is 7.07. The molecule has 0 radical (unpaired) electrons. The number of hydrogen-bond donors (Lipinski definition) is 3. The summed E-state index contributed by atoms with van der Waals surface area (Å²) in [7, 11) is 0. The Morgan fingerprint density at radius 2 is 1.89 bits per heavy atom. The maximum absolute atomic E-state index is 13.5. The maximum atomic E-state index is 13.5. The van der Waals surface area contributed by atoms with Gasteiger partial charge < -0.3 is 24.8 Å². The molecule has 3 aromatic rings. The summed E-state index contributed by atoms with van der Waals surface area (Å²) in [6.07, 6.45) is -0.415. The van der Waals surface area contributed by atoms with E-state index in [1.165, 1.54) is 0 Å². The third kappa shape index (κ3) is 4.08. The van der Waals surface area contributed by atoms with Crippen LogP contribution in [0.4, 0.5) is 0 Å². The van der Waals surface area contributed by atoms with Crippen LogP contribution in [0.25, 0.3) is 11.2 Å². The molecule has 1 aliphatic rings. The van der Waals surface area contributed by atoms with Gasteiger partial charge in [0.2, 0.25) is 17.1 Å². The monoisotopic (exact) mass is 566 g/mol. The van der Waals surface area contributed by atoms with Crippen LogP contribution >= 0.6 is 23.2 Å². The summed E-state index contributed by atoms with van der Waals surface area (Å²) in [5.74, 6) is -3.47. The second kappa shape index (κ2) is 9.95. The van der Waals surface area contributed by atoms with Gasteiger partial charge in [-0.25, -0.2) is 4.98 Å². The molecular weight excluding hydrogens is 543 g/mol. The fraction of sp³-hybridized carbons (Fsp3) is 0.417. The average Bonchev–Trinajstić information content (AvgIpc) is 3.38. The number of ketones is 3. The Kier molecular flexibility index (Phi) is 7.34. The fourth-order valence-electron chi connectivity index (χ4n) is 4.57. The number of aliphatic hydroxyl groups excluding tert-OH is 1. The second-order valence-corrected chi connectivity index (χ2v) is 9.76. The van der Waals surface area contributed by atoms with Crippen molar-refractivity contribution in [3.05, 3.63) is 46.3 Å². The number of benzene rings is 1. The molecule has 1 aromatic carbocycles. The minimum absolute atomic E-state index is 0.0700. The number of nitrogens with zero attached hydrogens (tertiary/aromatic N) is 4. The van der Waals surface area contributed by atoms with Crippen molar-refractivity contribution in [2.24, 2.45) is 0 Å². The number of ether oxygens (including phenoxy) is 2. The first kappa shape index (κ1) is 28.0. The van der Waals surface area contributed by atoms with Gasteiger partial charge in [0, 0.05) is 11.4 Å². The molecule has 3 N–H and O–H groups in total. The zero-order chi connectivity index (χ0) is 28.0. The highest BCUT2D eigenvalue weighted by molar-refractivity contribution is 6.33. The van der Waals surface area contributed by atoms with E-state index in [1.54, 1.807) is 18.2 Å². The minimum Gasteiger partial charge on any atom is -0.463 e. The van der Waals surface area contributed by atoms with Gasteiger partial charge in [-0.1, -0.05) is 35.3 Å². The Hall–Kier alpha value is -3.00. The molecule has 0 amide bonds. The van der Waals surface area contributed by atoms with Crippen LogP contribution in [0.3, 0.4) is 0 Å². The Morgan fingerprint density at radius 1 is 1.18 bits per heavy atom. The molecule has 1 aliphatic heterocycles. The Balaban J connectivity index is 1.85. The molecule has 0 saturated carbocycles. The molecule has 0 spiro atoms. The molecular formula is C24H24Cl2N4O8. The molecule has 2 aromatic heterocycles. The standard InChI is InChI=1S/C24H24Cl2N4O8/c1-12(31)18(34)24(23(36,14(3)33)22(35,10-38-24)13(2)32)30-11-27-17-19(26)28-21(29-20(17)30)37-8-7-15-5-4-6-16(25)9-15/h4-6,9,11-12,31,35-36H,7-8,10H2,1-3H3/t12?,22-,23+,24+/m1/s1. The first-order valence-electron chi connectivity index (χ1n) is 11.4. The normalized spacial score (nSPS) is 25.9. The van der Waals surface area contributed by atoms with Crippen LogP contribution in [0.1, 0.15) is 26.3 Å². The lowest BCUT2D eigenvalue weighted by atomic mass is 9.71. The van der Waals surface area contributed by atoms with Crippen molar-refractivity contribution in [3.63, 3.8) is 0 Å². The predicted molar refractivity (Wildman–Crippen MR) is 133 cm³/mol. The number of halogens is 2. The van der Waals surface area contributed by atoms with Crippen LogP contribution in [0.5, 0.6) is 6.01 Å². The molecule has 0 bridgehead atoms. The van der Waals surface area contributed by atoms with Crippen molar-refractivity contribution in [2.75, 3.05) is 13.2 Å². The molecule has 1 saturated heterocycles. The van der Waals surface area contributed by atoms with Crippen molar-refractivity contribution >= 4 is 51.7 Å². The quantitative estimate of drug-likeness (QED) is 0.315. The molecule has 202 valence electrons.